The summed E-state index contributed by atoms with van der Waals surface area (Å²) in [5, 5.41) is 2.44. The Hall–Kier alpha value is -1.10. The van der Waals surface area contributed by atoms with Gasteiger partial charge < -0.3 is 5.32 Å². The topological polar surface area (TPSA) is 12.0 Å². The Morgan fingerprint density at radius 3 is 2.50 bits per heavy atom. The molecule has 75 valence electrons. The second kappa shape index (κ2) is 4.41. The van der Waals surface area contributed by atoms with Gasteiger partial charge in [0.15, 0.2) is 0 Å². The molecule has 5 heteroatoms. The molecule has 1 aromatic carbocycles. The van der Waals surface area contributed by atoms with Crippen LogP contribution in [0.1, 0.15) is 11.1 Å². The highest BCUT2D eigenvalue weighted by Gasteiger charge is 2.32. The minimum absolute atomic E-state index is 0.0409. The van der Waals surface area contributed by atoms with Crippen molar-refractivity contribution in [1.29, 1.82) is 0 Å². The Kier molecular flexibility index (Phi) is 3.46. The van der Waals surface area contributed by atoms with Gasteiger partial charge in [-0.3, -0.25) is 0 Å². The van der Waals surface area contributed by atoms with E-state index in [4.69, 9.17) is 0 Å². The summed E-state index contributed by atoms with van der Waals surface area (Å²) in [6.45, 7) is 0.0409. The average Bonchev–Trinajstić information content (AvgIpc) is 2.14. The van der Waals surface area contributed by atoms with Gasteiger partial charge in [-0.15, -0.1) is 0 Å². The predicted octanol–water partition coefficient (Wildman–Crippen LogP) is 2.63. The molecule has 0 amide bonds. The Morgan fingerprint density at radius 2 is 1.93 bits per heavy atom. The van der Waals surface area contributed by atoms with Gasteiger partial charge in [-0.25, -0.2) is 0 Å². The Bertz CT molecular complexity index is 322. The van der Waals surface area contributed by atoms with Gasteiger partial charge in [0.25, 0.3) is 0 Å². The van der Waals surface area contributed by atoms with Gasteiger partial charge in [-0.05, 0) is 11.6 Å². The summed E-state index contributed by atoms with van der Waals surface area (Å²) in [5.41, 5.74) is 1.68. The minimum Gasteiger partial charge on any atom is -0.370 e. The maximum Gasteiger partial charge on any atom is 0.416 e. The second-order valence-electron chi connectivity index (χ2n) is 2.61. The van der Waals surface area contributed by atoms with Crippen LogP contribution in [0, 0.1) is 0 Å². The van der Waals surface area contributed by atoms with Crippen LogP contribution < -0.4 is 5.32 Å². The number of benzene rings is 1. The minimum atomic E-state index is -4.32. The maximum atomic E-state index is 12.4. The van der Waals surface area contributed by atoms with Crippen LogP contribution in [0.15, 0.2) is 24.3 Å². The predicted molar refractivity (Wildman–Crippen MR) is 50.9 cm³/mol. The number of halogens is 3. The Labute approximate surface area is 84.9 Å². The molecule has 14 heavy (non-hydrogen) atoms. The van der Waals surface area contributed by atoms with E-state index in [-0.39, 0.29) is 12.1 Å². The first-order chi connectivity index (χ1) is 6.55. The molecule has 0 aliphatic heterocycles. The molecule has 0 aliphatic rings. The van der Waals surface area contributed by atoms with Crippen molar-refractivity contribution in [1.82, 2.24) is 5.32 Å². The highest BCUT2D eigenvalue weighted by molar-refractivity contribution is 7.78. The largest absolute Gasteiger partial charge is 0.416 e. The standard InChI is InChI=1S/C9H7F3NS/c10-9(11,12)8-4-2-1-3-7(8)5-13-6-14/h1-4H,5H2,(H,13,14). The molecule has 0 saturated carbocycles. The molecule has 0 unspecified atom stereocenters. The highest BCUT2D eigenvalue weighted by Crippen LogP contribution is 2.31. The monoisotopic (exact) mass is 218 g/mol. The highest BCUT2D eigenvalue weighted by atomic mass is 32.1. The van der Waals surface area contributed by atoms with Crippen LogP contribution in [0.4, 0.5) is 13.2 Å². The van der Waals surface area contributed by atoms with E-state index in [1.54, 1.807) is 6.07 Å². The molecular formula is C9H7F3NS. The smallest absolute Gasteiger partial charge is 0.370 e. The van der Waals surface area contributed by atoms with Crippen LogP contribution in [0.3, 0.4) is 0 Å². The Morgan fingerprint density at radius 1 is 1.29 bits per heavy atom. The van der Waals surface area contributed by atoms with Crippen LogP contribution in [-0.2, 0) is 12.7 Å². The van der Waals surface area contributed by atoms with Gasteiger partial charge in [0.2, 0.25) is 0 Å². The number of nitrogens with one attached hydrogen (secondary N) is 1. The lowest BCUT2D eigenvalue weighted by Crippen LogP contribution is -2.15. The fourth-order valence-corrected chi connectivity index (χ4v) is 1.15. The molecule has 0 spiro atoms. The third kappa shape index (κ3) is 2.70. The molecule has 1 N–H and O–H groups in total. The fourth-order valence-electron chi connectivity index (χ4n) is 1.08. The first-order valence-electron chi connectivity index (χ1n) is 3.81. The van der Waals surface area contributed by atoms with E-state index in [2.05, 4.69) is 23.0 Å². The molecule has 0 saturated heterocycles. The summed E-state index contributed by atoms with van der Waals surface area (Å²) in [4.78, 5) is 0. The van der Waals surface area contributed by atoms with E-state index in [0.717, 1.165) is 6.07 Å². The van der Waals surface area contributed by atoms with Crippen LogP contribution >= 0.6 is 12.2 Å². The summed E-state index contributed by atoms with van der Waals surface area (Å²) in [5.74, 6) is 0. The van der Waals surface area contributed by atoms with Crippen LogP contribution in [0.2, 0.25) is 0 Å². The van der Waals surface area contributed by atoms with Crippen LogP contribution in [-0.4, -0.2) is 5.49 Å². The summed E-state index contributed by atoms with van der Waals surface area (Å²) in [7, 11) is 0. The number of alkyl halides is 3. The average molecular weight is 218 g/mol. The van der Waals surface area contributed by atoms with Gasteiger partial charge in [0, 0.05) is 6.54 Å². The van der Waals surface area contributed by atoms with Crippen molar-refractivity contribution in [2.75, 3.05) is 0 Å². The van der Waals surface area contributed by atoms with Crippen molar-refractivity contribution in [2.45, 2.75) is 12.7 Å². The molecule has 1 radical (unpaired) electrons. The summed E-state index contributed by atoms with van der Waals surface area (Å²) < 4.78 is 37.2. The molecule has 1 rings (SSSR count). The molecule has 0 aliphatic carbocycles. The third-order valence-corrected chi connectivity index (χ3v) is 1.82. The van der Waals surface area contributed by atoms with Crippen molar-refractivity contribution < 1.29 is 13.2 Å². The third-order valence-electron chi connectivity index (χ3n) is 1.67. The lowest BCUT2D eigenvalue weighted by atomic mass is 10.1. The lowest BCUT2D eigenvalue weighted by Gasteiger charge is -2.11. The Balaban J connectivity index is 2.97. The van der Waals surface area contributed by atoms with E-state index < -0.39 is 11.7 Å². The van der Waals surface area contributed by atoms with Crippen LogP contribution in [0.25, 0.3) is 0 Å². The summed E-state index contributed by atoms with van der Waals surface area (Å²) >= 11 is 4.35. The first kappa shape index (κ1) is 11.0. The van der Waals surface area contributed by atoms with E-state index >= 15 is 0 Å². The first-order valence-corrected chi connectivity index (χ1v) is 4.21. The zero-order chi connectivity index (χ0) is 10.6. The van der Waals surface area contributed by atoms with Crippen molar-refractivity contribution in [3.8, 4) is 0 Å². The molecular weight excluding hydrogens is 211 g/mol. The van der Waals surface area contributed by atoms with Gasteiger partial charge in [0.05, 0.1) is 5.56 Å². The van der Waals surface area contributed by atoms with Gasteiger partial charge >= 0.3 is 6.18 Å². The van der Waals surface area contributed by atoms with Crippen molar-refractivity contribution in [2.24, 2.45) is 0 Å². The quantitative estimate of drug-likeness (QED) is 0.618. The van der Waals surface area contributed by atoms with Gasteiger partial charge in [-0.1, -0.05) is 30.4 Å². The zero-order valence-corrected chi connectivity index (χ0v) is 7.88. The summed E-state index contributed by atoms with van der Waals surface area (Å²) in [6, 6.07) is 5.35. The van der Waals surface area contributed by atoms with E-state index in [9.17, 15) is 13.2 Å². The molecule has 1 nitrogen and oxygen atoms in total. The SMILES string of the molecule is FC(F)(F)c1ccccc1CN[C]=S. The maximum absolute atomic E-state index is 12.4. The molecule has 1 aromatic rings. The van der Waals surface area contributed by atoms with E-state index in [1.165, 1.54) is 12.1 Å². The zero-order valence-electron chi connectivity index (χ0n) is 7.06. The molecule has 0 heterocycles. The second-order valence-corrected chi connectivity index (χ2v) is 2.81. The van der Waals surface area contributed by atoms with E-state index in [1.807, 2.05) is 0 Å². The van der Waals surface area contributed by atoms with Crippen molar-refractivity contribution in [3.63, 3.8) is 0 Å². The van der Waals surface area contributed by atoms with Crippen LogP contribution in [0.5, 0.6) is 0 Å². The van der Waals surface area contributed by atoms with Crippen molar-refractivity contribution >= 4 is 17.7 Å². The summed E-state index contributed by atoms with van der Waals surface area (Å²) in [6.07, 6.45) is -4.32. The number of thiocarbonyl (C=S) groups is 1. The molecule has 0 bridgehead atoms. The molecule has 0 aromatic heterocycles. The van der Waals surface area contributed by atoms with Gasteiger partial charge in [0.1, 0.15) is 5.49 Å². The van der Waals surface area contributed by atoms with Gasteiger partial charge in [-0.2, -0.15) is 13.2 Å². The number of hydrogen-bond donors (Lipinski definition) is 1. The normalized spacial score (nSPS) is 11.1. The molecule has 0 atom stereocenters. The number of rotatable bonds is 3. The lowest BCUT2D eigenvalue weighted by molar-refractivity contribution is -0.138. The fraction of sp³-hybridized carbons (Fsp3) is 0.222. The van der Waals surface area contributed by atoms with E-state index in [0.29, 0.717) is 0 Å². The number of hydrogen-bond acceptors (Lipinski definition) is 1. The van der Waals surface area contributed by atoms with Crippen molar-refractivity contribution in [3.05, 3.63) is 35.4 Å². The molecule has 0 fully saturated rings.